The number of alkyl halides is 1. The van der Waals surface area contributed by atoms with E-state index in [0.717, 1.165) is 10.5 Å². The Morgan fingerprint density at radius 3 is 2.87 bits per heavy atom. The normalized spacial score (nSPS) is 31.8. The van der Waals surface area contributed by atoms with Crippen molar-refractivity contribution in [1.82, 2.24) is 4.98 Å². The molecule has 1 aliphatic rings. The van der Waals surface area contributed by atoms with Crippen LogP contribution < -0.4 is 0 Å². The molecular weight excluding hydrogens is 266 g/mol. The quantitative estimate of drug-likeness (QED) is 0.754. The van der Waals surface area contributed by atoms with Crippen LogP contribution in [0.5, 0.6) is 0 Å². The minimum atomic E-state index is 0.572. The van der Waals surface area contributed by atoms with E-state index in [0.29, 0.717) is 11.1 Å². The summed E-state index contributed by atoms with van der Waals surface area (Å²) in [5.41, 5.74) is 0. The van der Waals surface area contributed by atoms with Gasteiger partial charge < -0.3 is 0 Å². The Bertz CT molecular complexity index is 328. The maximum Gasteiger partial charge on any atom is 0.107 e. The highest BCUT2D eigenvalue weighted by Gasteiger charge is 2.28. The molecule has 0 aromatic carbocycles. The Hall–Kier alpha value is 0.620. The molecule has 15 heavy (non-hydrogen) atoms. The highest BCUT2D eigenvalue weighted by atomic mass is 35.5. The van der Waals surface area contributed by atoms with Gasteiger partial charge >= 0.3 is 0 Å². The molecule has 0 saturated carbocycles. The van der Waals surface area contributed by atoms with Crippen LogP contribution in [0.2, 0.25) is 0 Å². The van der Waals surface area contributed by atoms with Crippen LogP contribution in [0.4, 0.5) is 0 Å². The molecule has 1 fully saturated rings. The predicted octanol–water partition coefficient (Wildman–Crippen LogP) is 4.18. The summed E-state index contributed by atoms with van der Waals surface area (Å²) >= 11 is 11.7. The molecule has 0 N–H and O–H groups in total. The summed E-state index contributed by atoms with van der Waals surface area (Å²) in [6, 6.07) is 0. The lowest BCUT2D eigenvalue weighted by atomic mass is 10.4. The van der Waals surface area contributed by atoms with Crippen molar-refractivity contribution < 1.29 is 0 Å². The molecule has 0 aliphatic carbocycles. The fourth-order valence-corrected chi connectivity index (χ4v) is 5.65. The first-order valence-electron chi connectivity index (χ1n) is 4.98. The summed E-state index contributed by atoms with van der Waals surface area (Å²) in [5.74, 6) is 1.78. The van der Waals surface area contributed by atoms with Crippen molar-refractivity contribution in [2.45, 2.75) is 35.5 Å². The van der Waals surface area contributed by atoms with Gasteiger partial charge in [0.2, 0.25) is 0 Å². The third-order valence-electron chi connectivity index (χ3n) is 2.53. The van der Waals surface area contributed by atoms with Crippen LogP contribution in [-0.4, -0.2) is 21.2 Å². The molecule has 0 radical (unpaired) electrons. The van der Waals surface area contributed by atoms with Gasteiger partial charge in [-0.15, -0.1) is 34.7 Å². The van der Waals surface area contributed by atoms with Crippen molar-refractivity contribution in [3.63, 3.8) is 0 Å². The lowest BCUT2D eigenvalue weighted by molar-refractivity contribution is 0.890. The van der Waals surface area contributed by atoms with Gasteiger partial charge in [-0.25, -0.2) is 4.98 Å². The second-order valence-corrected chi connectivity index (χ2v) is 8.08. The highest BCUT2D eigenvalue weighted by Crippen LogP contribution is 2.45. The summed E-state index contributed by atoms with van der Waals surface area (Å²) in [6.07, 6.45) is 1.92. The number of aromatic nitrogens is 1. The number of hydrogen-bond acceptors (Lipinski definition) is 4. The van der Waals surface area contributed by atoms with Gasteiger partial charge in [0, 0.05) is 27.3 Å². The van der Waals surface area contributed by atoms with E-state index in [2.05, 4.69) is 42.4 Å². The number of thiazole rings is 1. The number of rotatable bonds is 2. The van der Waals surface area contributed by atoms with Crippen molar-refractivity contribution >= 4 is 46.5 Å². The van der Waals surface area contributed by atoms with E-state index in [-0.39, 0.29) is 0 Å². The summed E-state index contributed by atoms with van der Waals surface area (Å²) in [7, 11) is 0. The van der Waals surface area contributed by atoms with E-state index in [1.165, 1.54) is 15.6 Å². The first-order chi connectivity index (χ1) is 7.20. The molecule has 0 amide bonds. The van der Waals surface area contributed by atoms with Gasteiger partial charge in [0.05, 0.1) is 11.1 Å². The standard InChI is InChI=1S/C10H14ClNS3/c1-6-7(2)14-9(5-13-6)10-12-4-8(3-11)15-10/h4,6-7,9H,3,5H2,1-2H3. The van der Waals surface area contributed by atoms with Gasteiger partial charge in [-0.1, -0.05) is 13.8 Å². The summed E-state index contributed by atoms with van der Waals surface area (Å²) in [5, 5.41) is 3.31. The van der Waals surface area contributed by atoms with E-state index in [1.54, 1.807) is 11.3 Å². The Kier molecular flexibility index (Phi) is 4.27. The highest BCUT2D eigenvalue weighted by molar-refractivity contribution is 8.07. The largest absolute Gasteiger partial charge is 0.248 e. The predicted molar refractivity (Wildman–Crippen MR) is 73.4 cm³/mol. The van der Waals surface area contributed by atoms with Crippen LogP contribution in [0.1, 0.15) is 29.0 Å². The number of halogens is 1. The molecular formula is C10H14ClNS3. The summed E-state index contributed by atoms with van der Waals surface area (Å²) in [6.45, 7) is 4.62. The van der Waals surface area contributed by atoms with Crippen LogP contribution in [-0.2, 0) is 5.88 Å². The average Bonchev–Trinajstić information content (AvgIpc) is 2.70. The van der Waals surface area contributed by atoms with Gasteiger partial charge in [-0.3, -0.25) is 0 Å². The first-order valence-corrected chi connectivity index (χ1v) is 8.32. The minimum absolute atomic E-state index is 0.572. The van der Waals surface area contributed by atoms with Crippen molar-refractivity contribution in [3.8, 4) is 0 Å². The zero-order valence-electron chi connectivity index (χ0n) is 8.77. The van der Waals surface area contributed by atoms with Crippen LogP contribution in [0.25, 0.3) is 0 Å². The average molecular weight is 280 g/mol. The molecule has 84 valence electrons. The molecule has 2 heterocycles. The molecule has 3 unspecified atom stereocenters. The number of thioether (sulfide) groups is 2. The van der Waals surface area contributed by atoms with Crippen LogP contribution in [0.15, 0.2) is 6.20 Å². The maximum atomic E-state index is 5.79. The Morgan fingerprint density at radius 1 is 1.47 bits per heavy atom. The molecule has 3 atom stereocenters. The zero-order valence-corrected chi connectivity index (χ0v) is 12.0. The topological polar surface area (TPSA) is 12.9 Å². The van der Waals surface area contributed by atoms with Crippen molar-refractivity contribution in [1.29, 1.82) is 0 Å². The fraction of sp³-hybridized carbons (Fsp3) is 0.700. The third kappa shape index (κ3) is 2.84. The maximum absolute atomic E-state index is 5.79. The van der Waals surface area contributed by atoms with Crippen molar-refractivity contribution in [2.75, 3.05) is 5.75 Å². The summed E-state index contributed by atoms with van der Waals surface area (Å²) in [4.78, 5) is 5.65. The molecule has 2 rings (SSSR count). The number of nitrogens with zero attached hydrogens (tertiary/aromatic N) is 1. The lowest BCUT2D eigenvalue weighted by Crippen LogP contribution is -2.21. The molecule has 0 spiro atoms. The van der Waals surface area contributed by atoms with Gasteiger partial charge in [-0.2, -0.15) is 11.8 Å². The molecule has 1 saturated heterocycles. The first kappa shape index (κ1) is 12.1. The van der Waals surface area contributed by atoms with Crippen molar-refractivity contribution in [3.05, 3.63) is 16.1 Å². The SMILES string of the molecule is CC1SCC(c2ncc(CCl)s2)SC1C. The van der Waals surface area contributed by atoms with Gasteiger partial charge in [-0.05, 0) is 0 Å². The molecule has 1 nitrogen and oxygen atoms in total. The third-order valence-corrected chi connectivity index (χ3v) is 7.63. The van der Waals surface area contributed by atoms with Crippen molar-refractivity contribution in [2.24, 2.45) is 0 Å². The lowest BCUT2D eigenvalue weighted by Gasteiger charge is -2.30. The van der Waals surface area contributed by atoms with Gasteiger partial charge in [0.1, 0.15) is 5.01 Å². The van der Waals surface area contributed by atoms with Crippen LogP contribution in [0.3, 0.4) is 0 Å². The smallest absolute Gasteiger partial charge is 0.107 e. The molecule has 1 aromatic heterocycles. The number of hydrogen-bond donors (Lipinski definition) is 0. The second-order valence-electron chi connectivity index (χ2n) is 3.67. The van der Waals surface area contributed by atoms with E-state index >= 15 is 0 Å². The Morgan fingerprint density at radius 2 is 2.27 bits per heavy atom. The monoisotopic (exact) mass is 279 g/mol. The van der Waals surface area contributed by atoms with Gasteiger partial charge in [0.25, 0.3) is 0 Å². The summed E-state index contributed by atoms with van der Waals surface area (Å²) < 4.78 is 0. The molecule has 1 aliphatic heterocycles. The Labute approximate surface area is 108 Å². The molecule has 5 heteroatoms. The zero-order chi connectivity index (χ0) is 10.8. The van der Waals surface area contributed by atoms with E-state index in [9.17, 15) is 0 Å². The molecule has 1 aromatic rings. The second kappa shape index (κ2) is 5.30. The molecule has 0 bridgehead atoms. The fourth-order valence-electron chi connectivity index (χ4n) is 1.45. The Balaban J connectivity index is 2.05. The van der Waals surface area contributed by atoms with E-state index in [1.807, 2.05) is 6.20 Å². The van der Waals surface area contributed by atoms with E-state index in [4.69, 9.17) is 11.6 Å². The minimum Gasteiger partial charge on any atom is -0.248 e. The van der Waals surface area contributed by atoms with Crippen LogP contribution >= 0.6 is 46.5 Å². The van der Waals surface area contributed by atoms with Crippen LogP contribution in [0, 0.1) is 0 Å². The van der Waals surface area contributed by atoms with E-state index < -0.39 is 0 Å². The van der Waals surface area contributed by atoms with Gasteiger partial charge in [0.15, 0.2) is 0 Å².